The number of ether oxygens (including phenoxy) is 3. The van der Waals surface area contributed by atoms with E-state index < -0.39 is 0 Å². The smallest absolute Gasteiger partial charge is 0.244 e. The van der Waals surface area contributed by atoms with Crippen molar-refractivity contribution in [2.45, 2.75) is 13.5 Å². The van der Waals surface area contributed by atoms with Crippen molar-refractivity contribution in [3.8, 4) is 28.6 Å². The predicted molar refractivity (Wildman–Crippen MR) is 112 cm³/mol. The number of aryl methyl sites for hydroxylation is 1. The molecule has 9 heteroatoms. The zero-order valence-corrected chi connectivity index (χ0v) is 17.4. The Labute approximate surface area is 173 Å². The number of nitrogens with zero attached hydrogens (tertiary/aromatic N) is 2. The molecule has 29 heavy (non-hydrogen) atoms. The molecule has 8 nitrogen and oxygen atoms in total. The molecule has 3 rings (SSSR count). The molecular formula is C20H22N4O4S. The van der Waals surface area contributed by atoms with Gasteiger partial charge in [-0.25, -0.2) is 0 Å². The van der Waals surface area contributed by atoms with Crippen LogP contribution >= 0.6 is 12.2 Å². The van der Waals surface area contributed by atoms with Gasteiger partial charge in [-0.3, -0.25) is 14.5 Å². The van der Waals surface area contributed by atoms with Crippen LogP contribution in [0.4, 0.5) is 5.69 Å². The minimum atomic E-state index is -0.243. The van der Waals surface area contributed by atoms with Gasteiger partial charge in [0.15, 0.2) is 22.1 Å². The number of nitrogens with one attached hydrogen (secondary N) is 2. The molecule has 0 fully saturated rings. The highest BCUT2D eigenvalue weighted by Gasteiger charge is 2.15. The Morgan fingerprint density at radius 3 is 2.38 bits per heavy atom. The van der Waals surface area contributed by atoms with Crippen molar-refractivity contribution in [1.82, 2.24) is 14.8 Å². The van der Waals surface area contributed by atoms with E-state index in [9.17, 15) is 4.79 Å². The number of amides is 1. The van der Waals surface area contributed by atoms with E-state index in [0.717, 1.165) is 16.9 Å². The zero-order chi connectivity index (χ0) is 21.0. The number of carbonyl (C=O) groups is 1. The number of aromatic amines is 1. The molecule has 0 aliphatic carbocycles. The van der Waals surface area contributed by atoms with Crippen molar-refractivity contribution in [3.63, 3.8) is 0 Å². The van der Waals surface area contributed by atoms with Gasteiger partial charge < -0.3 is 19.5 Å². The summed E-state index contributed by atoms with van der Waals surface area (Å²) in [5, 5.41) is 9.90. The van der Waals surface area contributed by atoms with E-state index in [2.05, 4.69) is 15.5 Å². The second kappa shape index (κ2) is 8.78. The second-order valence-corrected chi connectivity index (χ2v) is 6.62. The largest absolute Gasteiger partial charge is 0.497 e. The van der Waals surface area contributed by atoms with Crippen LogP contribution in [0.2, 0.25) is 0 Å². The molecule has 2 N–H and O–H groups in total. The van der Waals surface area contributed by atoms with Gasteiger partial charge in [-0.05, 0) is 55.0 Å². The molecule has 0 aliphatic heterocycles. The molecule has 0 radical (unpaired) electrons. The fourth-order valence-electron chi connectivity index (χ4n) is 2.87. The Morgan fingerprint density at radius 2 is 1.76 bits per heavy atom. The summed E-state index contributed by atoms with van der Waals surface area (Å²) in [6, 6.07) is 10.9. The Hall–Kier alpha value is -3.33. The SMILES string of the molecule is COc1ccc(-c2n[nH]c(=S)n2CC(=O)Nc2cc(OC)c(OC)cc2C)cc1. The fraction of sp³-hybridized carbons (Fsp3) is 0.250. The van der Waals surface area contributed by atoms with Crippen LogP contribution in [0.5, 0.6) is 17.2 Å². The normalized spacial score (nSPS) is 10.5. The summed E-state index contributed by atoms with van der Waals surface area (Å²) in [5.74, 6) is 2.19. The van der Waals surface area contributed by atoms with Gasteiger partial charge in [0.05, 0.1) is 21.3 Å². The molecule has 0 atom stereocenters. The van der Waals surface area contributed by atoms with Crippen LogP contribution in [0, 0.1) is 11.7 Å². The van der Waals surface area contributed by atoms with Gasteiger partial charge in [-0.2, -0.15) is 5.10 Å². The van der Waals surface area contributed by atoms with Crippen LogP contribution in [0.3, 0.4) is 0 Å². The van der Waals surface area contributed by atoms with E-state index in [1.807, 2.05) is 31.2 Å². The number of carbonyl (C=O) groups excluding carboxylic acids is 1. The molecule has 0 unspecified atom stereocenters. The Balaban J connectivity index is 1.83. The quantitative estimate of drug-likeness (QED) is 0.575. The molecule has 152 valence electrons. The summed E-state index contributed by atoms with van der Waals surface area (Å²) in [6.45, 7) is 1.88. The topological polar surface area (TPSA) is 90.4 Å². The number of hydrogen-bond acceptors (Lipinski definition) is 6. The number of benzene rings is 2. The average molecular weight is 414 g/mol. The number of hydrogen-bond donors (Lipinski definition) is 2. The summed E-state index contributed by atoms with van der Waals surface area (Å²) < 4.78 is 17.8. The summed E-state index contributed by atoms with van der Waals surface area (Å²) in [4.78, 5) is 12.7. The van der Waals surface area contributed by atoms with Gasteiger partial charge >= 0.3 is 0 Å². The molecule has 1 amide bonds. The van der Waals surface area contributed by atoms with Crippen molar-refractivity contribution >= 4 is 23.8 Å². The maximum Gasteiger partial charge on any atom is 0.244 e. The molecular weight excluding hydrogens is 392 g/mol. The lowest BCUT2D eigenvalue weighted by Gasteiger charge is -2.14. The molecule has 0 bridgehead atoms. The van der Waals surface area contributed by atoms with Gasteiger partial charge in [0.1, 0.15) is 12.3 Å². The first-order valence-corrected chi connectivity index (χ1v) is 9.19. The first-order chi connectivity index (χ1) is 14.0. The van der Waals surface area contributed by atoms with E-state index in [1.165, 1.54) is 0 Å². The average Bonchev–Trinajstić information content (AvgIpc) is 3.09. The lowest BCUT2D eigenvalue weighted by atomic mass is 10.1. The number of H-pyrrole nitrogens is 1. The number of anilines is 1. The molecule has 0 saturated heterocycles. The summed E-state index contributed by atoms with van der Waals surface area (Å²) in [7, 11) is 4.72. The van der Waals surface area contributed by atoms with Crippen LogP contribution < -0.4 is 19.5 Å². The van der Waals surface area contributed by atoms with Crippen LogP contribution in [-0.2, 0) is 11.3 Å². The Morgan fingerprint density at radius 1 is 1.10 bits per heavy atom. The summed E-state index contributed by atoms with van der Waals surface area (Å²) in [6.07, 6.45) is 0. The molecule has 1 aromatic heterocycles. The third kappa shape index (κ3) is 4.40. The molecule has 0 aliphatic rings. The molecule has 0 saturated carbocycles. The Kier molecular flexibility index (Phi) is 6.18. The number of methoxy groups -OCH3 is 3. The molecule has 3 aromatic rings. The van der Waals surface area contributed by atoms with E-state index in [4.69, 9.17) is 26.4 Å². The predicted octanol–water partition coefficient (Wildman–Crippen LogP) is 3.58. The zero-order valence-electron chi connectivity index (χ0n) is 16.6. The monoisotopic (exact) mass is 414 g/mol. The van der Waals surface area contributed by atoms with Crippen molar-refractivity contribution in [2.24, 2.45) is 0 Å². The molecule has 0 spiro atoms. The van der Waals surface area contributed by atoms with Crippen LogP contribution in [0.15, 0.2) is 36.4 Å². The number of aromatic nitrogens is 3. The van der Waals surface area contributed by atoms with E-state index >= 15 is 0 Å². The van der Waals surface area contributed by atoms with Gasteiger partial charge in [-0.1, -0.05) is 0 Å². The lowest BCUT2D eigenvalue weighted by molar-refractivity contribution is -0.116. The highest BCUT2D eigenvalue weighted by Crippen LogP contribution is 2.33. The van der Waals surface area contributed by atoms with Crippen LogP contribution in [0.25, 0.3) is 11.4 Å². The van der Waals surface area contributed by atoms with Gasteiger partial charge in [-0.15, -0.1) is 0 Å². The third-order valence-corrected chi connectivity index (χ3v) is 4.72. The van der Waals surface area contributed by atoms with E-state index in [1.54, 1.807) is 38.0 Å². The standard InChI is InChI=1S/C20H22N4O4S/c1-12-9-16(27-3)17(28-4)10-15(12)21-18(25)11-24-19(22-23-20(24)29)13-5-7-14(26-2)8-6-13/h5-10H,11H2,1-4H3,(H,21,25)(H,23,29). The summed E-state index contributed by atoms with van der Waals surface area (Å²) >= 11 is 5.31. The minimum Gasteiger partial charge on any atom is -0.497 e. The minimum absolute atomic E-state index is 0.00444. The Bertz CT molecular complexity index is 1070. The van der Waals surface area contributed by atoms with Gasteiger partial charge in [0, 0.05) is 17.3 Å². The third-order valence-electron chi connectivity index (χ3n) is 4.41. The highest BCUT2D eigenvalue weighted by molar-refractivity contribution is 7.71. The summed E-state index contributed by atoms with van der Waals surface area (Å²) in [5.41, 5.74) is 2.30. The highest BCUT2D eigenvalue weighted by atomic mass is 32.1. The van der Waals surface area contributed by atoms with E-state index in [-0.39, 0.29) is 12.5 Å². The van der Waals surface area contributed by atoms with Crippen LogP contribution in [-0.4, -0.2) is 42.0 Å². The first-order valence-electron chi connectivity index (χ1n) is 8.79. The van der Waals surface area contributed by atoms with Gasteiger partial charge in [0.2, 0.25) is 5.91 Å². The van der Waals surface area contributed by atoms with Crippen molar-refractivity contribution in [2.75, 3.05) is 26.6 Å². The lowest BCUT2D eigenvalue weighted by Crippen LogP contribution is -2.20. The van der Waals surface area contributed by atoms with Crippen molar-refractivity contribution in [3.05, 3.63) is 46.7 Å². The van der Waals surface area contributed by atoms with Crippen LogP contribution in [0.1, 0.15) is 5.56 Å². The van der Waals surface area contributed by atoms with E-state index in [0.29, 0.717) is 27.8 Å². The maximum absolute atomic E-state index is 12.7. The fourth-order valence-corrected chi connectivity index (χ4v) is 3.07. The number of rotatable bonds is 7. The maximum atomic E-state index is 12.7. The van der Waals surface area contributed by atoms with Gasteiger partial charge in [0.25, 0.3) is 0 Å². The van der Waals surface area contributed by atoms with Crippen molar-refractivity contribution in [1.29, 1.82) is 0 Å². The molecule has 2 aromatic carbocycles. The first kappa shape index (κ1) is 20.4. The van der Waals surface area contributed by atoms with Crippen molar-refractivity contribution < 1.29 is 19.0 Å². The molecule has 1 heterocycles. The second-order valence-electron chi connectivity index (χ2n) is 6.24.